The highest BCUT2D eigenvalue weighted by Gasteiger charge is 2.20. The number of hydrogen-bond acceptors (Lipinski definition) is 3. The van der Waals surface area contributed by atoms with Gasteiger partial charge in [-0.15, -0.1) is 0 Å². The van der Waals surface area contributed by atoms with Crippen LogP contribution in [0.3, 0.4) is 0 Å². The lowest BCUT2D eigenvalue weighted by Gasteiger charge is -2.31. The zero-order chi connectivity index (χ0) is 19.8. The molecule has 4 nitrogen and oxygen atoms in total. The fraction of sp³-hybridized carbons (Fsp3) is 0.458. The summed E-state index contributed by atoms with van der Waals surface area (Å²) in [4.78, 5) is 15.1. The van der Waals surface area contributed by atoms with Gasteiger partial charge in [-0.3, -0.25) is 9.69 Å². The van der Waals surface area contributed by atoms with E-state index >= 15 is 0 Å². The van der Waals surface area contributed by atoms with Crippen LogP contribution in [0.15, 0.2) is 54.6 Å². The number of amides is 1. The first kappa shape index (κ1) is 20.6. The highest BCUT2D eigenvalue weighted by molar-refractivity contribution is 5.94. The minimum atomic E-state index is -0.510. The van der Waals surface area contributed by atoms with Crippen LogP contribution in [0.25, 0.3) is 0 Å². The molecule has 0 saturated heterocycles. The molecule has 0 radical (unpaired) electrons. The average Bonchev–Trinajstić information content (AvgIpc) is 2.74. The molecule has 1 N–H and O–H groups in total. The Bertz CT molecular complexity index is 741. The van der Waals surface area contributed by atoms with E-state index < -0.39 is 6.10 Å². The molecule has 1 saturated carbocycles. The zero-order valence-electron chi connectivity index (χ0n) is 17.1. The molecular weight excluding hydrogens is 348 g/mol. The molecule has 150 valence electrons. The lowest BCUT2D eigenvalue weighted by atomic mass is 9.94. The van der Waals surface area contributed by atoms with Crippen LogP contribution in [-0.4, -0.2) is 30.0 Å². The first-order chi connectivity index (χ1) is 13.6. The number of carbonyl (C=O) groups is 1. The van der Waals surface area contributed by atoms with Crippen molar-refractivity contribution in [3.05, 3.63) is 65.7 Å². The quantitative estimate of drug-likeness (QED) is 0.701. The number of anilines is 1. The number of carbonyl (C=O) groups excluding carboxylic acids is 1. The lowest BCUT2D eigenvalue weighted by molar-refractivity contribution is -0.127. The Kier molecular flexibility index (Phi) is 7.63. The smallest absolute Gasteiger partial charge is 0.253 e. The van der Waals surface area contributed by atoms with Gasteiger partial charge in [-0.05, 0) is 44.0 Å². The Morgan fingerprint density at radius 1 is 1.07 bits per heavy atom. The Morgan fingerprint density at radius 2 is 1.75 bits per heavy atom. The maximum atomic E-state index is 12.6. The summed E-state index contributed by atoms with van der Waals surface area (Å²) in [6, 6.07) is 18.7. The molecule has 1 fully saturated rings. The number of nitrogens with zero attached hydrogens (tertiary/aromatic N) is 1. The highest BCUT2D eigenvalue weighted by Crippen LogP contribution is 2.25. The van der Waals surface area contributed by atoms with Gasteiger partial charge in [0.2, 0.25) is 0 Å². The van der Waals surface area contributed by atoms with Crippen LogP contribution < -0.4 is 5.32 Å². The SMILES string of the molecule is CC(OCc1ccccc1)C(=O)Nc1ccccc1CN(C)C1CCCCC1. The lowest BCUT2D eigenvalue weighted by Crippen LogP contribution is -2.33. The monoisotopic (exact) mass is 380 g/mol. The van der Waals surface area contributed by atoms with E-state index in [-0.39, 0.29) is 5.91 Å². The van der Waals surface area contributed by atoms with E-state index in [9.17, 15) is 4.79 Å². The van der Waals surface area contributed by atoms with Crippen molar-refractivity contribution in [1.29, 1.82) is 0 Å². The topological polar surface area (TPSA) is 41.6 Å². The molecule has 4 heteroatoms. The molecule has 1 unspecified atom stereocenters. The first-order valence-electron chi connectivity index (χ1n) is 10.4. The van der Waals surface area contributed by atoms with E-state index in [4.69, 9.17) is 4.74 Å². The van der Waals surface area contributed by atoms with Crippen LogP contribution in [0.2, 0.25) is 0 Å². The van der Waals surface area contributed by atoms with E-state index in [0.29, 0.717) is 12.6 Å². The summed E-state index contributed by atoms with van der Waals surface area (Å²) in [5, 5.41) is 3.06. The molecule has 0 bridgehead atoms. The minimum absolute atomic E-state index is 0.108. The number of ether oxygens (including phenoxy) is 1. The van der Waals surface area contributed by atoms with Gasteiger partial charge >= 0.3 is 0 Å². The van der Waals surface area contributed by atoms with Crippen molar-refractivity contribution < 1.29 is 9.53 Å². The predicted molar refractivity (Wildman–Crippen MR) is 114 cm³/mol. The molecule has 28 heavy (non-hydrogen) atoms. The summed E-state index contributed by atoms with van der Waals surface area (Å²) in [6.45, 7) is 3.08. The maximum Gasteiger partial charge on any atom is 0.253 e. The van der Waals surface area contributed by atoms with Crippen molar-refractivity contribution in [2.24, 2.45) is 0 Å². The normalized spacial score (nSPS) is 16.1. The third-order valence-electron chi connectivity index (χ3n) is 5.61. The molecule has 2 aromatic rings. The first-order valence-corrected chi connectivity index (χ1v) is 10.4. The van der Waals surface area contributed by atoms with Gasteiger partial charge in [-0.25, -0.2) is 0 Å². The molecule has 1 amide bonds. The Labute approximate surface area is 168 Å². The molecule has 1 aliphatic carbocycles. The number of rotatable bonds is 8. The van der Waals surface area contributed by atoms with Crippen LogP contribution in [0, 0.1) is 0 Å². The summed E-state index contributed by atoms with van der Waals surface area (Å²) in [5.41, 5.74) is 3.10. The third kappa shape index (κ3) is 5.91. The largest absolute Gasteiger partial charge is 0.364 e. The van der Waals surface area contributed by atoms with Crippen molar-refractivity contribution in [2.75, 3.05) is 12.4 Å². The zero-order valence-corrected chi connectivity index (χ0v) is 17.1. The van der Waals surface area contributed by atoms with Gasteiger partial charge in [0.15, 0.2) is 0 Å². The Hall–Kier alpha value is -2.17. The highest BCUT2D eigenvalue weighted by atomic mass is 16.5. The van der Waals surface area contributed by atoms with Gasteiger partial charge in [0.05, 0.1) is 6.61 Å². The predicted octanol–water partition coefficient (Wildman–Crippen LogP) is 4.99. The van der Waals surface area contributed by atoms with Crippen molar-refractivity contribution in [3.8, 4) is 0 Å². The van der Waals surface area contributed by atoms with Crippen LogP contribution >= 0.6 is 0 Å². The van der Waals surface area contributed by atoms with Crippen LogP contribution in [0.4, 0.5) is 5.69 Å². The van der Waals surface area contributed by atoms with Crippen LogP contribution in [0.1, 0.15) is 50.2 Å². The third-order valence-corrected chi connectivity index (χ3v) is 5.61. The fourth-order valence-corrected chi connectivity index (χ4v) is 3.81. The van der Waals surface area contributed by atoms with E-state index in [1.807, 2.05) is 48.5 Å². The van der Waals surface area contributed by atoms with Gasteiger partial charge in [-0.1, -0.05) is 67.8 Å². The van der Waals surface area contributed by atoms with E-state index in [0.717, 1.165) is 23.4 Å². The van der Waals surface area contributed by atoms with Crippen molar-refractivity contribution in [3.63, 3.8) is 0 Å². The molecule has 2 aromatic carbocycles. The molecule has 0 aromatic heterocycles. The molecular formula is C24H32N2O2. The van der Waals surface area contributed by atoms with Gasteiger partial charge < -0.3 is 10.1 Å². The second kappa shape index (κ2) is 10.4. The van der Waals surface area contributed by atoms with E-state index in [1.54, 1.807) is 6.92 Å². The summed E-state index contributed by atoms with van der Waals surface area (Å²) in [7, 11) is 2.19. The van der Waals surface area contributed by atoms with Gasteiger partial charge in [0.25, 0.3) is 5.91 Å². The van der Waals surface area contributed by atoms with Crippen LogP contribution in [-0.2, 0) is 22.7 Å². The Morgan fingerprint density at radius 3 is 2.50 bits per heavy atom. The molecule has 1 atom stereocenters. The van der Waals surface area contributed by atoms with E-state index in [1.165, 1.54) is 32.1 Å². The van der Waals surface area contributed by atoms with Crippen LogP contribution in [0.5, 0.6) is 0 Å². The molecule has 0 spiro atoms. The standard InChI is InChI=1S/C24H32N2O2/c1-19(28-18-20-11-5-3-6-12-20)24(27)25-23-16-10-9-13-21(23)17-26(2)22-14-7-4-8-15-22/h3,5-6,9-13,16,19,22H,4,7-8,14-15,17-18H2,1-2H3,(H,25,27). The van der Waals surface area contributed by atoms with Crippen molar-refractivity contribution in [2.45, 2.75) is 64.3 Å². The van der Waals surface area contributed by atoms with Crippen molar-refractivity contribution >= 4 is 11.6 Å². The van der Waals surface area contributed by atoms with Crippen molar-refractivity contribution in [1.82, 2.24) is 4.90 Å². The second-order valence-electron chi connectivity index (χ2n) is 7.79. The number of hydrogen-bond donors (Lipinski definition) is 1. The number of benzene rings is 2. The van der Waals surface area contributed by atoms with Gasteiger partial charge in [0.1, 0.15) is 6.10 Å². The molecule has 1 aliphatic rings. The minimum Gasteiger partial charge on any atom is -0.364 e. The summed E-state index contributed by atoms with van der Waals surface area (Å²) < 4.78 is 5.76. The second-order valence-corrected chi connectivity index (χ2v) is 7.79. The summed E-state index contributed by atoms with van der Waals surface area (Å²) >= 11 is 0. The average molecular weight is 381 g/mol. The fourth-order valence-electron chi connectivity index (χ4n) is 3.81. The molecule has 0 aliphatic heterocycles. The van der Waals surface area contributed by atoms with E-state index in [2.05, 4.69) is 23.3 Å². The molecule has 3 rings (SSSR count). The number of para-hydroxylation sites is 1. The molecule has 0 heterocycles. The maximum absolute atomic E-state index is 12.6. The Balaban J connectivity index is 1.56. The summed E-state index contributed by atoms with van der Waals surface area (Å²) in [5.74, 6) is -0.108. The van der Waals surface area contributed by atoms with Gasteiger partial charge in [-0.2, -0.15) is 0 Å². The van der Waals surface area contributed by atoms with Gasteiger partial charge in [0, 0.05) is 18.3 Å². The number of nitrogens with one attached hydrogen (secondary N) is 1. The summed E-state index contributed by atoms with van der Waals surface area (Å²) in [6.07, 6.45) is 6.04.